The first kappa shape index (κ1) is 25.1. The monoisotopic (exact) mass is 483 g/mol. The van der Waals surface area contributed by atoms with Gasteiger partial charge in [-0.15, -0.1) is 0 Å². The van der Waals surface area contributed by atoms with Crippen LogP contribution in [0.5, 0.6) is 0 Å². The van der Waals surface area contributed by atoms with Gasteiger partial charge in [-0.05, 0) is 30.5 Å². The van der Waals surface area contributed by atoms with E-state index in [9.17, 15) is 34.4 Å². The smallest absolute Gasteiger partial charge is 0.326 e. The van der Waals surface area contributed by atoms with Gasteiger partial charge in [0.15, 0.2) is 0 Å². The minimum Gasteiger partial charge on any atom is -0.480 e. The number of nitro groups is 1. The van der Waals surface area contributed by atoms with Crippen LogP contribution >= 0.6 is 0 Å². The fraction of sp³-hybridized carbons (Fsp3) is 0.304. The summed E-state index contributed by atoms with van der Waals surface area (Å²) in [5.74, 6) is -2.95. The van der Waals surface area contributed by atoms with E-state index in [1.807, 2.05) is 0 Å². The lowest BCUT2D eigenvalue weighted by molar-refractivity contribution is -0.384. The van der Waals surface area contributed by atoms with Gasteiger partial charge in [0.05, 0.1) is 17.0 Å². The molecule has 1 saturated heterocycles. The molecule has 2 aromatic carbocycles. The van der Waals surface area contributed by atoms with Crippen molar-refractivity contribution >= 4 is 35.1 Å². The van der Waals surface area contributed by atoms with Crippen molar-refractivity contribution in [2.75, 3.05) is 18.8 Å². The summed E-state index contributed by atoms with van der Waals surface area (Å²) in [6.07, 6.45) is 0.786. The maximum atomic E-state index is 13.2. The van der Waals surface area contributed by atoms with Gasteiger partial charge in [0, 0.05) is 30.8 Å². The van der Waals surface area contributed by atoms with Crippen molar-refractivity contribution in [2.24, 2.45) is 0 Å². The quantitative estimate of drug-likeness (QED) is 0.228. The summed E-state index contributed by atoms with van der Waals surface area (Å²) in [4.78, 5) is 61.3. The predicted octanol–water partition coefficient (Wildman–Crippen LogP) is 0.710. The van der Waals surface area contributed by atoms with Gasteiger partial charge in [0.25, 0.3) is 11.6 Å². The molecule has 0 saturated carbocycles. The molecular formula is C23H25N5O7. The number of nitrogen functional groups attached to an aromatic ring is 1. The number of nitro benzene ring substituents is 1. The van der Waals surface area contributed by atoms with Crippen molar-refractivity contribution < 1.29 is 29.2 Å². The minimum absolute atomic E-state index is 0.0228. The van der Waals surface area contributed by atoms with Gasteiger partial charge >= 0.3 is 5.97 Å². The first-order valence-electron chi connectivity index (χ1n) is 10.9. The largest absolute Gasteiger partial charge is 0.480 e. The van der Waals surface area contributed by atoms with Crippen LogP contribution in [-0.2, 0) is 20.8 Å². The number of aliphatic carboxylic acids is 1. The van der Waals surface area contributed by atoms with Crippen LogP contribution in [0.2, 0.25) is 0 Å². The fourth-order valence-corrected chi connectivity index (χ4v) is 3.88. The third-order valence-corrected chi connectivity index (χ3v) is 5.66. The van der Waals surface area contributed by atoms with E-state index < -0.39 is 47.2 Å². The molecule has 0 radical (unpaired) electrons. The van der Waals surface area contributed by atoms with E-state index in [-0.39, 0.29) is 29.9 Å². The normalized spacial score (nSPS) is 15.8. The van der Waals surface area contributed by atoms with E-state index in [0.717, 1.165) is 0 Å². The number of non-ortho nitro benzene ring substituents is 1. The van der Waals surface area contributed by atoms with Crippen molar-refractivity contribution in [3.63, 3.8) is 0 Å². The Kier molecular flexibility index (Phi) is 7.97. The molecule has 2 atom stereocenters. The molecule has 184 valence electrons. The molecule has 0 aromatic heterocycles. The number of amides is 3. The van der Waals surface area contributed by atoms with Crippen molar-refractivity contribution in [3.05, 3.63) is 69.8 Å². The van der Waals surface area contributed by atoms with Gasteiger partial charge in [0.2, 0.25) is 11.8 Å². The Morgan fingerprint density at radius 2 is 1.83 bits per heavy atom. The molecule has 1 heterocycles. The lowest BCUT2D eigenvalue weighted by atomic mass is 10.0. The Balaban J connectivity index is 1.72. The Labute approximate surface area is 200 Å². The Morgan fingerprint density at radius 3 is 2.46 bits per heavy atom. The lowest BCUT2D eigenvalue weighted by Crippen LogP contribution is -2.54. The van der Waals surface area contributed by atoms with E-state index >= 15 is 0 Å². The van der Waals surface area contributed by atoms with Crippen LogP contribution in [0.3, 0.4) is 0 Å². The SMILES string of the molecule is Nc1ccccc1C(=O)NCC(=O)NC(Cc1ccc([N+](=O)[O-])cc1)C(=O)N1CCCC1C(=O)O. The number of likely N-dealkylation sites (tertiary alicyclic amines) is 1. The number of nitrogens with two attached hydrogens (primary N) is 1. The zero-order valence-corrected chi connectivity index (χ0v) is 18.7. The van der Waals surface area contributed by atoms with Crippen LogP contribution in [0.15, 0.2) is 48.5 Å². The van der Waals surface area contributed by atoms with Gasteiger partial charge in [-0.2, -0.15) is 0 Å². The zero-order chi connectivity index (χ0) is 25.5. The molecule has 5 N–H and O–H groups in total. The number of rotatable bonds is 9. The standard InChI is InChI=1S/C23H25N5O7/c24-17-5-2-1-4-16(17)21(30)25-13-20(29)26-18(12-14-7-9-15(10-8-14)28(34)35)22(31)27-11-3-6-19(27)23(32)33/h1-2,4-5,7-10,18-19H,3,6,11-13,24H2,(H,25,30)(H,26,29)(H,32,33). The zero-order valence-electron chi connectivity index (χ0n) is 18.7. The molecule has 12 heteroatoms. The number of para-hydroxylation sites is 1. The molecular weight excluding hydrogens is 458 g/mol. The highest BCUT2D eigenvalue weighted by Gasteiger charge is 2.37. The molecule has 3 rings (SSSR count). The number of carboxylic acids is 1. The summed E-state index contributed by atoms with van der Waals surface area (Å²) in [6.45, 7) is -0.216. The van der Waals surface area contributed by atoms with Crippen LogP contribution < -0.4 is 16.4 Å². The number of nitrogens with one attached hydrogen (secondary N) is 2. The van der Waals surface area contributed by atoms with Gasteiger partial charge in [-0.3, -0.25) is 24.5 Å². The van der Waals surface area contributed by atoms with E-state index in [2.05, 4.69) is 10.6 Å². The van der Waals surface area contributed by atoms with E-state index in [0.29, 0.717) is 18.4 Å². The maximum Gasteiger partial charge on any atom is 0.326 e. The summed E-state index contributed by atoms with van der Waals surface area (Å²) >= 11 is 0. The molecule has 0 bridgehead atoms. The Bertz CT molecular complexity index is 1140. The van der Waals surface area contributed by atoms with Crippen molar-refractivity contribution in [1.29, 1.82) is 0 Å². The molecule has 2 aromatic rings. The maximum absolute atomic E-state index is 13.2. The highest BCUT2D eigenvalue weighted by molar-refractivity contribution is 6.01. The second-order valence-corrected chi connectivity index (χ2v) is 8.05. The second kappa shape index (κ2) is 11.1. The molecule has 3 amide bonds. The first-order valence-corrected chi connectivity index (χ1v) is 10.9. The minimum atomic E-state index is -1.14. The van der Waals surface area contributed by atoms with Crippen LogP contribution in [0.1, 0.15) is 28.8 Å². The summed E-state index contributed by atoms with van der Waals surface area (Å²) < 4.78 is 0. The van der Waals surface area contributed by atoms with E-state index in [1.54, 1.807) is 18.2 Å². The second-order valence-electron chi connectivity index (χ2n) is 8.05. The van der Waals surface area contributed by atoms with Crippen LogP contribution in [0.25, 0.3) is 0 Å². The van der Waals surface area contributed by atoms with Gasteiger partial charge in [-0.25, -0.2) is 4.79 Å². The summed E-state index contributed by atoms with van der Waals surface area (Å²) in [5.41, 5.74) is 6.60. The third kappa shape index (κ3) is 6.31. The van der Waals surface area contributed by atoms with Gasteiger partial charge in [0.1, 0.15) is 12.1 Å². The Morgan fingerprint density at radius 1 is 1.14 bits per heavy atom. The van der Waals surface area contributed by atoms with Gasteiger partial charge in [-0.1, -0.05) is 24.3 Å². The number of carbonyl (C=O) groups excluding carboxylic acids is 3. The third-order valence-electron chi connectivity index (χ3n) is 5.66. The van der Waals surface area contributed by atoms with Crippen molar-refractivity contribution in [2.45, 2.75) is 31.3 Å². The summed E-state index contributed by atoms with van der Waals surface area (Å²) in [5, 5.41) is 25.3. The Hall–Kier alpha value is -4.48. The molecule has 1 aliphatic heterocycles. The van der Waals surface area contributed by atoms with E-state index in [4.69, 9.17) is 5.73 Å². The molecule has 12 nitrogen and oxygen atoms in total. The number of anilines is 1. The molecule has 0 aliphatic carbocycles. The molecule has 1 aliphatic rings. The van der Waals surface area contributed by atoms with Gasteiger partial charge < -0.3 is 26.4 Å². The summed E-state index contributed by atoms with van der Waals surface area (Å²) in [6, 6.07) is 9.67. The van der Waals surface area contributed by atoms with Crippen molar-refractivity contribution in [3.8, 4) is 0 Å². The number of hydrogen-bond acceptors (Lipinski definition) is 7. The number of carboxylic acid groups (broad SMARTS) is 1. The molecule has 2 unspecified atom stereocenters. The first-order chi connectivity index (χ1) is 16.7. The highest BCUT2D eigenvalue weighted by Crippen LogP contribution is 2.20. The average Bonchev–Trinajstić information content (AvgIpc) is 3.33. The number of hydrogen-bond donors (Lipinski definition) is 4. The fourth-order valence-electron chi connectivity index (χ4n) is 3.88. The highest BCUT2D eigenvalue weighted by atomic mass is 16.6. The summed E-state index contributed by atoms with van der Waals surface area (Å²) in [7, 11) is 0. The van der Waals surface area contributed by atoms with Crippen molar-refractivity contribution in [1.82, 2.24) is 15.5 Å². The van der Waals surface area contributed by atoms with E-state index in [1.165, 1.54) is 35.2 Å². The lowest BCUT2D eigenvalue weighted by Gasteiger charge is -2.27. The topological polar surface area (TPSA) is 185 Å². The number of carbonyl (C=O) groups is 4. The molecule has 0 spiro atoms. The predicted molar refractivity (Wildman–Crippen MR) is 124 cm³/mol. The van der Waals surface area contributed by atoms with Crippen LogP contribution in [0.4, 0.5) is 11.4 Å². The molecule has 1 fully saturated rings. The van der Waals surface area contributed by atoms with Crippen LogP contribution in [-0.4, -0.2) is 63.8 Å². The molecule has 35 heavy (non-hydrogen) atoms. The van der Waals surface area contributed by atoms with Crippen LogP contribution in [0, 0.1) is 10.1 Å². The number of nitrogens with zero attached hydrogens (tertiary/aromatic N) is 2. The average molecular weight is 483 g/mol. The number of benzene rings is 2.